The zero-order valence-corrected chi connectivity index (χ0v) is 13.2. The molecule has 5 aliphatic rings. The van der Waals surface area contributed by atoms with Crippen LogP contribution in [-0.4, -0.2) is 29.5 Å². The maximum atomic E-state index is 12.3. The third-order valence-electron chi connectivity index (χ3n) is 6.13. The minimum absolute atomic E-state index is 0.000299. The van der Waals surface area contributed by atoms with Crippen molar-refractivity contribution in [3.63, 3.8) is 0 Å². The molecule has 0 aromatic heterocycles. The standard InChI is InChI=1S/C17H27NO4/c19-14(18-22-15-3-1-2-4-21-15)10-16-6-12-5-13(7-16)9-17(20,8-12)11-16/h12-13,15,20H,1-11H2,(H,18,19)/t12-,13-,15+,16?,17?/m1/s1. The first kappa shape index (κ1) is 14.9. The molecule has 5 nitrogen and oxygen atoms in total. The van der Waals surface area contributed by atoms with Gasteiger partial charge in [0, 0.05) is 19.4 Å². The van der Waals surface area contributed by atoms with Gasteiger partial charge in [-0.2, -0.15) is 0 Å². The Hall–Kier alpha value is -0.650. The molecule has 1 heterocycles. The summed E-state index contributed by atoms with van der Waals surface area (Å²) in [6.45, 7) is 0.709. The van der Waals surface area contributed by atoms with Crippen LogP contribution in [0.5, 0.6) is 0 Å². The van der Waals surface area contributed by atoms with Crippen LogP contribution in [0.15, 0.2) is 0 Å². The number of aliphatic hydroxyl groups is 1. The molecule has 5 rings (SSSR count). The Balaban J connectivity index is 1.33. The molecule has 1 amide bonds. The molecule has 0 radical (unpaired) electrons. The Morgan fingerprint density at radius 1 is 1.23 bits per heavy atom. The lowest BCUT2D eigenvalue weighted by Crippen LogP contribution is -2.56. The van der Waals surface area contributed by atoms with Gasteiger partial charge in [-0.05, 0) is 68.6 Å². The Morgan fingerprint density at radius 3 is 2.64 bits per heavy atom. The molecule has 1 aliphatic heterocycles. The van der Waals surface area contributed by atoms with Crippen molar-refractivity contribution in [3.05, 3.63) is 0 Å². The average Bonchev–Trinajstić information content (AvgIpc) is 2.43. The zero-order chi connectivity index (χ0) is 15.2. The number of carbonyl (C=O) groups excluding carboxylic acids is 1. The van der Waals surface area contributed by atoms with E-state index in [0.717, 1.165) is 51.4 Å². The van der Waals surface area contributed by atoms with Crippen molar-refractivity contribution in [2.75, 3.05) is 6.61 Å². The predicted molar refractivity (Wildman–Crippen MR) is 79.5 cm³/mol. The number of hydroxylamine groups is 1. The summed E-state index contributed by atoms with van der Waals surface area (Å²) in [5.41, 5.74) is 2.09. The average molecular weight is 309 g/mol. The largest absolute Gasteiger partial charge is 0.390 e. The molecule has 0 spiro atoms. The van der Waals surface area contributed by atoms with E-state index >= 15 is 0 Å². The van der Waals surface area contributed by atoms with E-state index in [9.17, 15) is 9.90 Å². The molecule has 3 atom stereocenters. The first-order valence-electron chi connectivity index (χ1n) is 8.83. The molecule has 4 saturated carbocycles. The van der Waals surface area contributed by atoms with Gasteiger partial charge in [0.1, 0.15) is 0 Å². The molecule has 5 heteroatoms. The Kier molecular flexibility index (Phi) is 3.70. The van der Waals surface area contributed by atoms with Crippen LogP contribution in [0.1, 0.15) is 64.2 Å². The van der Waals surface area contributed by atoms with Crippen molar-refractivity contribution in [1.82, 2.24) is 5.48 Å². The summed E-state index contributed by atoms with van der Waals surface area (Å²) in [6.07, 6.45) is 9.30. The summed E-state index contributed by atoms with van der Waals surface area (Å²) >= 11 is 0. The molecular weight excluding hydrogens is 282 g/mol. The van der Waals surface area contributed by atoms with Crippen LogP contribution in [0.4, 0.5) is 0 Å². The van der Waals surface area contributed by atoms with E-state index in [4.69, 9.17) is 9.57 Å². The quantitative estimate of drug-likeness (QED) is 0.782. The lowest BCUT2D eigenvalue weighted by atomic mass is 9.47. The highest BCUT2D eigenvalue weighted by atomic mass is 16.8. The van der Waals surface area contributed by atoms with Gasteiger partial charge in [-0.15, -0.1) is 0 Å². The zero-order valence-electron chi connectivity index (χ0n) is 13.2. The number of nitrogens with one attached hydrogen (secondary N) is 1. The fraction of sp³-hybridized carbons (Fsp3) is 0.941. The van der Waals surface area contributed by atoms with Crippen molar-refractivity contribution in [3.8, 4) is 0 Å². The Morgan fingerprint density at radius 2 is 2.00 bits per heavy atom. The van der Waals surface area contributed by atoms with E-state index in [-0.39, 0.29) is 17.6 Å². The van der Waals surface area contributed by atoms with E-state index in [2.05, 4.69) is 5.48 Å². The minimum atomic E-state index is -0.502. The second-order valence-corrected chi connectivity index (χ2v) is 8.30. The highest BCUT2D eigenvalue weighted by Crippen LogP contribution is 2.62. The summed E-state index contributed by atoms with van der Waals surface area (Å²) < 4.78 is 5.46. The normalized spacial score (nSPS) is 46.7. The maximum absolute atomic E-state index is 12.3. The van der Waals surface area contributed by atoms with Gasteiger partial charge in [0.25, 0.3) is 0 Å². The molecular formula is C17H27NO4. The molecule has 4 bridgehead atoms. The molecule has 22 heavy (non-hydrogen) atoms. The van der Waals surface area contributed by atoms with Crippen molar-refractivity contribution in [1.29, 1.82) is 0 Å². The maximum Gasteiger partial charge on any atom is 0.244 e. The van der Waals surface area contributed by atoms with Crippen LogP contribution in [-0.2, 0) is 14.4 Å². The van der Waals surface area contributed by atoms with E-state index in [1.165, 1.54) is 6.42 Å². The summed E-state index contributed by atoms with van der Waals surface area (Å²) in [4.78, 5) is 17.7. The molecule has 124 valence electrons. The molecule has 2 N–H and O–H groups in total. The summed E-state index contributed by atoms with van der Waals surface area (Å²) in [5, 5.41) is 10.7. The highest BCUT2D eigenvalue weighted by Gasteiger charge is 2.57. The van der Waals surface area contributed by atoms with Crippen LogP contribution in [0, 0.1) is 17.3 Å². The second kappa shape index (κ2) is 5.46. The van der Waals surface area contributed by atoms with Gasteiger partial charge in [-0.1, -0.05) is 0 Å². The number of ether oxygens (including phenoxy) is 1. The first-order chi connectivity index (χ1) is 10.5. The fourth-order valence-corrected chi connectivity index (χ4v) is 5.92. The predicted octanol–water partition coefficient (Wildman–Crippen LogP) is 2.28. The van der Waals surface area contributed by atoms with E-state index < -0.39 is 5.60 Å². The van der Waals surface area contributed by atoms with Gasteiger partial charge in [0.15, 0.2) is 6.29 Å². The molecule has 4 aliphatic carbocycles. The van der Waals surface area contributed by atoms with Crippen molar-refractivity contribution in [2.45, 2.75) is 76.1 Å². The lowest BCUT2D eigenvalue weighted by Gasteiger charge is -2.60. The van der Waals surface area contributed by atoms with Crippen LogP contribution >= 0.6 is 0 Å². The second-order valence-electron chi connectivity index (χ2n) is 8.30. The fourth-order valence-electron chi connectivity index (χ4n) is 5.92. The van der Waals surface area contributed by atoms with E-state index in [0.29, 0.717) is 24.9 Å². The topological polar surface area (TPSA) is 67.8 Å². The van der Waals surface area contributed by atoms with Gasteiger partial charge >= 0.3 is 0 Å². The van der Waals surface area contributed by atoms with Gasteiger partial charge < -0.3 is 9.84 Å². The molecule has 0 aromatic carbocycles. The lowest BCUT2D eigenvalue weighted by molar-refractivity contribution is -0.205. The third-order valence-corrected chi connectivity index (χ3v) is 6.13. The van der Waals surface area contributed by atoms with Gasteiger partial charge in [-0.3, -0.25) is 4.79 Å². The summed E-state index contributed by atoms with van der Waals surface area (Å²) in [5.74, 6) is 1.17. The van der Waals surface area contributed by atoms with Crippen molar-refractivity contribution >= 4 is 5.91 Å². The molecule has 1 saturated heterocycles. The summed E-state index contributed by atoms with van der Waals surface area (Å²) in [6, 6.07) is 0. The number of amides is 1. The van der Waals surface area contributed by atoms with Crippen molar-refractivity contribution in [2.24, 2.45) is 17.3 Å². The monoisotopic (exact) mass is 309 g/mol. The molecule has 0 aromatic rings. The number of hydrogen-bond acceptors (Lipinski definition) is 4. The van der Waals surface area contributed by atoms with Crippen LogP contribution in [0.3, 0.4) is 0 Å². The Bertz CT molecular complexity index is 432. The van der Waals surface area contributed by atoms with Gasteiger partial charge in [-0.25, -0.2) is 10.3 Å². The third kappa shape index (κ3) is 2.91. The van der Waals surface area contributed by atoms with Crippen LogP contribution in [0.25, 0.3) is 0 Å². The minimum Gasteiger partial charge on any atom is -0.390 e. The SMILES string of the molecule is O=C(CC12C[C@H]3C[C@@H](CC(O)(C3)C1)C2)NO[C@H]1CCCCO1. The van der Waals surface area contributed by atoms with E-state index in [1.807, 2.05) is 0 Å². The first-order valence-corrected chi connectivity index (χ1v) is 8.83. The highest BCUT2D eigenvalue weighted by molar-refractivity contribution is 5.75. The molecule has 5 fully saturated rings. The van der Waals surface area contributed by atoms with Crippen LogP contribution < -0.4 is 5.48 Å². The van der Waals surface area contributed by atoms with E-state index in [1.54, 1.807) is 0 Å². The number of carbonyl (C=O) groups is 1. The smallest absolute Gasteiger partial charge is 0.244 e. The molecule has 0 unspecified atom stereocenters. The number of rotatable bonds is 4. The van der Waals surface area contributed by atoms with Crippen molar-refractivity contribution < 1.29 is 19.5 Å². The van der Waals surface area contributed by atoms with Crippen LogP contribution in [0.2, 0.25) is 0 Å². The van der Waals surface area contributed by atoms with Gasteiger partial charge in [0.2, 0.25) is 5.91 Å². The van der Waals surface area contributed by atoms with Gasteiger partial charge in [0.05, 0.1) is 5.60 Å². The summed E-state index contributed by atoms with van der Waals surface area (Å²) in [7, 11) is 0. The Labute approximate surface area is 131 Å². The number of hydrogen-bond donors (Lipinski definition) is 2.